The van der Waals surface area contributed by atoms with Crippen molar-refractivity contribution in [3.8, 4) is 5.75 Å². The standard InChI is InChI=1S/C23H26ClIN6O4/c1-3-31-18-5-4-15(8-14(18)9-19(22(31)33)35-13-20(32)26-2)28-21-17(24)11-27-23(29-21)30-6-7-34-16(10-25)12-30/h4-5,8-9,11,16H,3,6-7,10,12-13H2,1-2H3,(H,26,32)(H,27,28,29). The van der Waals surface area contributed by atoms with Crippen LogP contribution in [-0.4, -0.2) is 64.3 Å². The van der Waals surface area contributed by atoms with Gasteiger partial charge in [0.15, 0.2) is 18.2 Å². The topological polar surface area (TPSA) is 111 Å². The minimum atomic E-state index is -0.317. The summed E-state index contributed by atoms with van der Waals surface area (Å²) in [5, 5.41) is 6.90. The molecule has 1 unspecified atom stereocenters. The van der Waals surface area contributed by atoms with Crippen LogP contribution in [0.25, 0.3) is 10.9 Å². The minimum Gasteiger partial charge on any atom is -0.478 e. The number of carbonyl (C=O) groups is 1. The molecular formula is C23H26ClIN6O4. The van der Waals surface area contributed by atoms with E-state index < -0.39 is 0 Å². The SMILES string of the molecule is CCn1c(=O)c(OCC(=O)NC)cc2cc(Nc3nc(N4CCOC(CI)C4)ncc3Cl)ccc21. The van der Waals surface area contributed by atoms with E-state index in [1.807, 2.05) is 25.1 Å². The predicted molar refractivity (Wildman–Crippen MR) is 145 cm³/mol. The molecule has 186 valence electrons. The summed E-state index contributed by atoms with van der Waals surface area (Å²) in [6.07, 6.45) is 1.72. The Kier molecular flexibility index (Phi) is 8.29. The van der Waals surface area contributed by atoms with Gasteiger partial charge in [0.2, 0.25) is 5.95 Å². The fourth-order valence-electron chi connectivity index (χ4n) is 3.80. The van der Waals surface area contributed by atoms with Gasteiger partial charge in [-0.25, -0.2) is 4.98 Å². The van der Waals surface area contributed by atoms with Crippen molar-refractivity contribution < 1.29 is 14.3 Å². The third-order valence-electron chi connectivity index (χ3n) is 5.60. The molecule has 3 heterocycles. The molecule has 2 aromatic heterocycles. The van der Waals surface area contributed by atoms with Crippen LogP contribution in [0.5, 0.6) is 5.75 Å². The van der Waals surface area contributed by atoms with Gasteiger partial charge in [-0.1, -0.05) is 34.2 Å². The summed E-state index contributed by atoms with van der Waals surface area (Å²) >= 11 is 8.72. The van der Waals surface area contributed by atoms with Crippen LogP contribution in [0.1, 0.15) is 6.92 Å². The van der Waals surface area contributed by atoms with Gasteiger partial charge in [0.1, 0.15) is 5.02 Å². The van der Waals surface area contributed by atoms with Crippen molar-refractivity contribution in [1.29, 1.82) is 0 Å². The number of likely N-dealkylation sites (N-methyl/N-ethyl adjacent to an activating group) is 1. The summed E-state index contributed by atoms with van der Waals surface area (Å²) in [6, 6.07) is 7.24. The highest BCUT2D eigenvalue weighted by molar-refractivity contribution is 14.1. The maximum atomic E-state index is 12.8. The molecule has 0 saturated carbocycles. The first-order valence-corrected chi connectivity index (χ1v) is 13.1. The zero-order chi connectivity index (χ0) is 24.9. The molecule has 0 radical (unpaired) electrons. The number of pyridine rings is 1. The number of morpholine rings is 1. The Morgan fingerprint density at radius 1 is 1.37 bits per heavy atom. The Labute approximate surface area is 221 Å². The van der Waals surface area contributed by atoms with Crippen LogP contribution in [0, 0.1) is 0 Å². The second-order valence-electron chi connectivity index (χ2n) is 7.88. The molecule has 12 heteroatoms. The number of aryl methyl sites for hydroxylation is 1. The van der Waals surface area contributed by atoms with Gasteiger partial charge < -0.3 is 29.6 Å². The normalized spacial score (nSPS) is 15.8. The van der Waals surface area contributed by atoms with Gasteiger partial charge in [-0.2, -0.15) is 4.98 Å². The second kappa shape index (κ2) is 11.4. The van der Waals surface area contributed by atoms with Gasteiger partial charge in [-0.05, 0) is 31.2 Å². The van der Waals surface area contributed by atoms with Crippen molar-refractivity contribution in [2.24, 2.45) is 0 Å². The number of benzene rings is 1. The van der Waals surface area contributed by atoms with Crippen molar-refractivity contribution in [1.82, 2.24) is 19.9 Å². The Morgan fingerprint density at radius 2 is 2.20 bits per heavy atom. The largest absolute Gasteiger partial charge is 0.478 e. The van der Waals surface area contributed by atoms with Gasteiger partial charge in [-0.3, -0.25) is 9.59 Å². The Balaban J connectivity index is 1.63. The number of rotatable bonds is 8. The number of hydrogen-bond donors (Lipinski definition) is 2. The van der Waals surface area contributed by atoms with Crippen LogP contribution in [0.3, 0.4) is 0 Å². The highest BCUT2D eigenvalue weighted by atomic mass is 127. The van der Waals surface area contributed by atoms with Crippen LogP contribution in [-0.2, 0) is 16.1 Å². The molecule has 3 aromatic rings. The number of ether oxygens (including phenoxy) is 2. The fourth-order valence-corrected chi connectivity index (χ4v) is 4.47. The van der Waals surface area contributed by atoms with Crippen LogP contribution in [0.4, 0.5) is 17.5 Å². The minimum absolute atomic E-state index is 0.111. The zero-order valence-corrected chi connectivity index (χ0v) is 22.3. The van der Waals surface area contributed by atoms with Gasteiger partial charge in [0.25, 0.3) is 11.5 Å². The molecule has 1 saturated heterocycles. The predicted octanol–water partition coefficient (Wildman–Crippen LogP) is 2.97. The molecule has 1 fully saturated rings. The molecule has 0 spiro atoms. The number of hydrogen-bond acceptors (Lipinski definition) is 8. The number of alkyl halides is 1. The molecule has 0 aliphatic carbocycles. The molecule has 10 nitrogen and oxygen atoms in total. The maximum Gasteiger partial charge on any atom is 0.293 e. The number of nitrogens with one attached hydrogen (secondary N) is 2. The fraction of sp³-hybridized carbons (Fsp3) is 0.391. The van der Waals surface area contributed by atoms with Gasteiger partial charge in [0.05, 0.1) is 24.4 Å². The molecule has 2 N–H and O–H groups in total. The monoisotopic (exact) mass is 612 g/mol. The molecular weight excluding hydrogens is 587 g/mol. The number of anilines is 3. The number of carbonyl (C=O) groups excluding carboxylic acids is 1. The van der Waals surface area contributed by atoms with Crippen molar-refractivity contribution in [3.63, 3.8) is 0 Å². The summed E-state index contributed by atoms with van der Waals surface area (Å²) in [5.41, 5.74) is 1.20. The van der Waals surface area contributed by atoms with E-state index >= 15 is 0 Å². The van der Waals surface area contributed by atoms with E-state index in [4.69, 9.17) is 21.1 Å². The van der Waals surface area contributed by atoms with Crippen LogP contribution in [0.2, 0.25) is 5.02 Å². The van der Waals surface area contributed by atoms with E-state index in [2.05, 4.69) is 48.1 Å². The zero-order valence-electron chi connectivity index (χ0n) is 19.4. The lowest BCUT2D eigenvalue weighted by Gasteiger charge is -2.32. The van der Waals surface area contributed by atoms with Crippen molar-refractivity contribution >= 4 is 68.5 Å². The average Bonchev–Trinajstić information content (AvgIpc) is 2.88. The molecule has 1 atom stereocenters. The maximum absolute atomic E-state index is 12.8. The Bertz CT molecular complexity index is 1290. The van der Waals surface area contributed by atoms with Crippen molar-refractivity contribution in [3.05, 3.63) is 45.8 Å². The van der Waals surface area contributed by atoms with Gasteiger partial charge in [0, 0.05) is 42.2 Å². The lowest BCUT2D eigenvalue weighted by atomic mass is 10.1. The average molecular weight is 613 g/mol. The van der Waals surface area contributed by atoms with Crippen LogP contribution < -0.4 is 25.8 Å². The van der Waals surface area contributed by atoms with Gasteiger partial charge in [-0.15, -0.1) is 0 Å². The smallest absolute Gasteiger partial charge is 0.293 e. The van der Waals surface area contributed by atoms with E-state index in [1.54, 1.807) is 16.8 Å². The highest BCUT2D eigenvalue weighted by Gasteiger charge is 2.22. The highest BCUT2D eigenvalue weighted by Crippen LogP contribution is 2.28. The second-order valence-corrected chi connectivity index (χ2v) is 9.17. The molecule has 1 aromatic carbocycles. The van der Waals surface area contributed by atoms with E-state index in [-0.39, 0.29) is 29.9 Å². The Hall–Kier alpha value is -2.64. The number of fused-ring (bicyclic) bond motifs is 1. The summed E-state index contributed by atoms with van der Waals surface area (Å²) < 4.78 is 13.7. The third-order valence-corrected chi connectivity index (χ3v) is 6.86. The summed E-state index contributed by atoms with van der Waals surface area (Å²) in [5.74, 6) is 0.857. The van der Waals surface area contributed by atoms with E-state index in [0.29, 0.717) is 43.0 Å². The number of halogens is 2. The summed E-state index contributed by atoms with van der Waals surface area (Å²) in [6.45, 7) is 4.14. The molecule has 4 rings (SSSR count). The number of aromatic nitrogens is 3. The summed E-state index contributed by atoms with van der Waals surface area (Å²) in [7, 11) is 1.51. The molecule has 1 aliphatic rings. The molecule has 0 bridgehead atoms. The molecule has 1 amide bonds. The quantitative estimate of drug-likeness (QED) is 0.295. The third kappa shape index (κ3) is 5.78. The van der Waals surface area contributed by atoms with Gasteiger partial charge >= 0.3 is 0 Å². The summed E-state index contributed by atoms with van der Waals surface area (Å²) in [4.78, 5) is 35.5. The van der Waals surface area contributed by atoms with E-state index in [1.165, 1.54) is 7.05 Å². The molecule has 1 aliphatic heterocycles. The Morgan fingerprint density at radius 3 is 2.94 bits per heavy atom. The lowest BCUT2D eigenvalue weighted by molar-refractivity contribution is -0.122. The lowest BCUT2D eigenvalue weighted by Crippen LogP contribution is -2.44. The van der Waals surface area contributed by atoms with Crippen molar-refractivity contribution in [2.45, 2.75) is 19.6 Å². The first-order chi connectivity index (χ1) is 16.9. The van der Waals surface area contributed by atoms with E-state index in [0.717, 1.165) is 21.0 Å². The van der Waals surface area contributed by atoms with E-state index in [9.17, 15) is 9.59 Å². The molecule has 35 heavy (non-hydrogen) atoms. The first kappa shape index (κ1) is 25.5. The van der Waals surface area contributed by atoms with Crippen LogP contribution in [0.15, 0.2) is 35.3 Å². The number of amides is 1. The number of nitrogens with zero attached hydrogens (tertiary/aromatic N) is 4. The first-order valence-electron chi connectivity index (χ1n) is 11.2. The van der Waals surface area contributed by atoms with Crippen LogP contribution >= 0.6 is 34.2 Å². The van der Waals surface area contributed by atoms with Crippen molar-refractivity contribution in [2.75, 3.05) is 48.0 Å².